The van der Waals surface area contributed by atoms with E-state index in [4.69, 9.17) is 14.2 Å². The van der Waals surface area contributed by atoms with Crippen molar-refractivity contribution in [2.75, 3.05) is 7.11 Å². The van der Waals surface area contributed by atoms with Crippen molar-refractivity contribution in [1.29, 1.82) is 0 Å². The molecule has 1 heterocycles. The van der Waals surface area contributed by atoms with Crippen LogP contribution in [0, 0.1) is 34.5 Å². The minimum atomic E-state index is -1.11. The summed E-state index contributed by atoms with van der Waals surface area (Å²) < 4.78 is 17.0. The van der Waals surface area contributed by atoms with E-state index in [1.165, 1.54) is 7.11 Å². The second kappa shape index (κ2) is 8.65. The summed E-state index contributed by atoms with van der Waals surface area (Å²) in [5, 5.41) is 0. The van der Waals surface area contributed by atoms with Gasteiger partial charge in [0, 0.05) is 29.1 Å². The van der Waals surface area contributed by atoms with Gasteiger partial charge in [0.15, 0.2) is 11.5 Å². The number of carbonyl (C=O) groups is 4. The molecule has 0 bridgehead atoms. The third-order valence-corrected chi connectivity index (χ3v) is 9.09. The van der Waals surface area contributed by atoms with Gasteiger partial charge >= 0.3 is 11.9 Å². The molecule has 1 aliphatic heterocycles. The second-order valence-electron chi connectivity index (χ2n) is 10.9. The highest BCUT2D eigenvalue weighted by Gasteiger charge is 2.72. The van der Waals surface area contributed by atoms with E-state index in [0.717, 1.165) is 18.4 Å². The predicted octanol–water partition coefficient (Wildman–Crippen LogP) is 4.30. The maximum absolute atomic E-state index is 14.0. The van der Waals surface area contributed by atoms with Gasteiger partial charge in [-0.3, -0.25) is 19.2 Å². The van der Waals surface area contributed by atoms with E-state index in [1.807, 2.05) is 27.7 Å². The molecule has 0 aromatic heterocycles. The zero-order valence-corrected chi connectivity index (χ0v) is 21.1. The molecule has 3 aliphatic carbocycles. The highest BCUT2D eigenvalue weighted by atomic mass is 16.5. The molecule has 4 rings (SSSR count). The van der Waals surface area contributed by atoms with E-state index < -0.39 is 28.8 Å². The van der Waals surface area contributed by atoms with Crippen LogP contribution in [0.2, 0.25) is 0 Å². The van der Waals surface area contributed by atoms with Crippen LogP contribution in [0.25, 0.3) is 0 Å². The first-order chi connectivity index (χ1) is 16.0. The van der Waals surface area contributed by atoms with Gasteiger partial charge in [-0.2, -0.15) is 0 Å². The molecule has 0 unspecified atom stereocenters. The molecule has 2 fully saturated rings. The van der Waals surface area contributed by atoms with E-state index in [0.29, 0.717) is 12.8 Å². The maximum Gasteiger partial charge on any atom is 0.311 e. The topological polar surface area (TPSA) is 96.0 Å². The number of fused-ring (bicyclic) bond motifs is 2. The monoisotopic (exact) mass is 472 g/mol. The molecule has 7 heteroatoms. The summed E-state index contributed by atoms with van der Waals surface area (Å²) >= 11 is 0. The molecule has 4 aliphatic rings. The Labute approximate surface area is 201 Å². The molecule has 7 atom stereocenters. The van der Waals surface area contributed by atoms with Gasteiger partial charge in [-0.25, -0.2) is 0 Å². The fourth-order valence-corrected chi connectivity index (χ4v) is 7.42. The summed E-state index contributed by atoms with van der Waals surface area (Å²) in [6.45, 7) is 9.67. The number of hydrogen-bond acceptors (Lipinski definition) is 7. The number of ether oxygens (including phenoxy) is 3. The lowest BCUT2D eigenvalue weighted by molar-refractivity contribution is -0.217. The third kappa shape index (κ3) is 3.37. The second-order valence-corrected chi connectivity index (χ2v) is 10.9. The van der Waals surface area contributed by atoms with E-state index in [-0.39, 0.29) is 59.6 Å². The maximum atomic E-state index is 14.0. The Morgan fingerprint density at radius 2 is 1.91 bits per heavy atom. The summed E-state index contributed by atoms with van der Waals surface area (Å²) in [5.74, 6) is -2.38. The van der Waals surface area contributed by atoms with Crippen molar-refractivity contribution in [2.45, 2.75) is 79.2 Å². The molecule has 0 aromatic carbocycles. The molecule has 0 N–H and O–H groups in total. The number of allylic oxidation sites excluding steroid dienone is 4. The average molecular weight is 473 g/mol. The number of hydrogen-bond donors (Lipinski definition) is 0. The van der Waals surface area contributed by atoms with Crippen molar-refractivity contribution in [1.82, 2.24) is 0 Å². The molecule has 0 amide bonds. The molecule has 0 spiro atoms. The van der Waals surface area contributed by atoms with Gasteiger partial charge in [0.1, 0.15) is 6.10 Å². The number of ketones is 2. The first kappa shape index (κ1) is 24.7. The van der Waals surface area contributed by atoms with Gasteiger partial charge in [0.2, 0.25) is 11.6 Å². The van der Waals surface area contributed by atoms with Crippen molar-refractivity contribution >= 4 is 23.5 Å². The molecule has 34 heavy (non-hydrogen) atoms. The Bertz CT molecular complexity index is 991. The molecule has 1 saturated heterocycles. The van der Waals surface area contributed by atoms with Crippen molar-refractivity contribution in [2.24, 2.45) is 34.5 Å². The van der Waals surface area contributed by atoms with Crippen LogP contribution in [-0.2, 0) is 33.4 Å². The number of methoxy groups -OCH3 is 1. The predicted molar refractivity (Wildman–Crippen MR) is 123 cm³/mol. The van der Waals surface area contributed by atoms with Crippen molar-refractivity contribution < 1.29 is 33.4 Å². The molecule has 7 nitrogen and oxygen atoms in total. The standard InChI is InChI=1S/C27H36O7/c1-7-8-9-10-20(28)33-18-11-14(2)16-12-19-26(4)17(13-21(29)34-19)15(3)23(32-6)22(30)24(26)27(16,5)25(18)31/h11,14,16-17,19,24H,7-10,12-13H2,1-6H3/t14-,16+,17+,19-,24+,26-,27+/m1/s1. The summed E-state index contributed by atoms with van der Waals surface area (Å²) in [7, 11) is 1.45. The van der Waals surface area contributed by atoms with Crippen molar-refractivity contribution in [3.05, 3.63) is 23.2 Å². The smallest absolute Gasteiger partial charge is 0.311 e. The highest BCUT2D eigenvalue weighted by Crippen LogP contribution is 2.67. The van der Waals surface area contributed by atoms with Crippen LogP contribution in [-0.4, -0.2) is 36.7 Å². The van der Waals surface area contributed by atoms with Crippen molar-refractivity contribution in [3.8, 4) is 0 Å². The number of Topliss-reactive ketones (excluding diaryl/α,β-unsaturated/α-hetero) is 2. The summed E-state index contributed by atoms with van der Waals surface area (Å²) in [5.41, 5.74) is -1.11. The first-order valence-electron chi connectivity index (χ1n) is 12.5. The Morgan fingerprint density at radius 1 is 1.21 bits per heavy atom. The first-order valence-corrected chi connectivity index (χ1v) is 12.5. The van der Waals surface area contributed by atoms with Crippen LogP contribution in [0.5, 0.6) is 0 Å². The van der Waals surface area contributed by atoms with Crippen LogP contribution in [0.4, 0.5) is 0 Å². The lowest BCUT2D eigenvalue weighted by Gasteiger charge is -2.64. The Balaban J connectivity index is 1.78. The van der Waals surface area contributed by atoms with Gasteiger partial charge in [0.05, 0.1) is 13.5 Å². The zero-order chi connectivity index (χ0) is 25.0. The van der Waals surface area contributed by atoms with Gasteiger partial charge in [-0.1, -0.05) is 40.5 Å². The molecular formula is C27H36O7. The Kier molecular flexibility index (Phi) is 6.28. The number of rotatable bonds is 6. The summed E-state index contributed by atoms with van der Waals surface area (Å²) in [4.78, 5) is 53.0. The van der Waals surface area contributed by atoms with Gasteiger partial charge in [-0.05, 0) is 43.3 Å². The molecule has 0 aromatic rings. The van der Waals surface area contributed by atoms with Crippen LogP contribution in [0.15, 0.2) is 23.2 Å². The minimum absolute atomic E-state index is 0.0391. The van der Waals surface area contributed by atoms with E-state index in [1.54, 1.807) is 6.08 Å². The van der Waals surface area contributed by atoms with E-state index in [2.05, 4.69) is 6.92 Å². The van der Waals surface area contributed by atoms with Crippen LogP contribution >= 0.6 is 0 Å². The number of unbranched alkanes of at least 4 members (excludes halogenated alkanes) is 2. The third-order valence-electron chi connectivity index (χ3n) is 9.09. The highest BCUT2D eigenvalue weighted by molar-refractivity contribution is 6.08. The van der Waals surface area contributed by atoms with E-state index in [9.17, 15) is 19.2 Å². The Morgan fingerprint density at radius 3 is 2.56 bits per heavy atom. The summed E-state index contributed by atoms with van der Waals surface area (Å²) in [6, 6.07) is 0. The van der Waals surface area contributed by atoms with Crippen LogP contribution in [0.1, 0.15) is 73.1 Å². The van der Waals surface area contributed by atoms with Crippen LogP contribution in [0.3, 0.4) is 0 Å². The minimum Gasteiger partial charge on any atom is -0.493 e. The summed E-state index contributed by atoms with van der Waals surface area (Å²) in [6.07, 6.45) is 4.73. The van der Waals surface area contributed by atoms with Crippen LogP contribution < -0.4 is 0 Å². The average Bonchev–Trinajstić information content (AvgIpc) is 2.76. The van der Waals surface area contributed by atoms with Gasteiger partial charge < -0.3 is 14.2 Å². The number of esters is 2. The quantitative estimate of drug-likeness (QED) is 0.420. The molecule has 0 radical (unpaired) electrons. The fraction of sp³-hybridized carbons (Fsp3) is 0.704. The lowest BCUT2D eigenvalue weighted by Crippen LogP contribution is -2.69. The van der Waals surface area contributed by atoms with E-state index >= 15 is 0 Å². The largest absolute Gasteiger partial charge is 0.493 e. The van der Waals surface area contributed by atoms with Gasteiger partial charge in [0.25, 0.3) is 0 Å². The normalized spacial score (nSPS) is 39.1. The molecule has 186 valence electrons. The fourth-order valence-electron chi connectivity index (χ4n) is 7.42. The zero-order valence-electron chi connectivity index (χ0n) is 21.1. The van der Waals surface area contributed by atoms with Crippen molar-refractivity contribution in [3.63, 3.8) is 0 Å². The Hall–Kier alpha value is -2.44. The molecule has 1 saturated carbocycles. The number of carbonyl (C=O) groups excluding carboxylic acids is 4. The SMILES string of the molecule is CCCCCC(=O)OC1=C[C@@H](C)[C@@H]2C[C@H]3OC(=O)C[C@H]4C(C)=C(OC)C(=O)[C@H]([C@@]2(C)C1=O)[C@@]34C. The molecular weight excluding hydrogens is 436 g/mol. The van der Waals surface area contributed by atoms with Gasteiger partial charge in [-0.15, -0.1) is 0 Å². The lowest BCUT2D eigenvalue weighted by atomic mass is 9.40.